The number of methoxy groups -OCH3 is 1. The van der Waals surface area contributed by atoms with Crippen molar-refractivity contribution in [3.05, 3.63) is 29.3 Å². The third kappa shape index (κ3) is 3.14. The van der Waals surface area contributed by atoms with Gasteiger partial charge in [0.25, 0.3) is 0 Å². The molecule has 0 aromatic heterocycles. The summed E-state index contributed by atoms with van der Waals surface area (Å²) in [6.45, 7) is 0. The maximum Gasteiger partial charge on any atom is 0.306 e. The topological polar surface area (TPSA) is 87.0 Å². The van der Waals surface area contributed by atoms with E-state index >= 15 is 0 Å². The van der Waals surface area contributed by atoms with Crippen molar-refractivity contribution in [3.63, 3.8) is 0 Å². The smallest absolute Gasteiger partial charge is 0.306 e. The Kier molecular flexibility index (Phi) is 4.57. The van der Waals surface area contributed by atoms with Crippen LogP contribution in [0.2, 0.25) is 0 Å². The first-order valence-electron chi connectivity index (χ1n) is 4.97. The number of halogens is 2. The molecule has 1 aromatic carbocycles. The fourth-order valence-electron chi connectivity index (χ4n) is 1.51. The number of carboxylic acid groups (broad SMARTS) is 1. The number of benzene rings is 1. The molecule has 3 N–H and O–H groups in total. The molecule has 0 bridgehead atoms. The van der Waals surface area contributed by atoms with Crippen LogP contribution in [0.3, 0.4) is 0 Å². The number of carbonyl (C=O) groups is 1. The van der Waals surface area contributed by atoms with Crippen LogP contribution in [0.25, 0.3) is 0 Å². The van der Waals surface area contributed by atoms with Crippen molar-refractivity contribution in [1.29, 1.82) is 0 Å². The zero-order chi connectivity index (χ0) is 13.9. The molecular weight excluding hydrogens is 250 g/mol. The van der Waals surface area contributed by atoms with E-state index in [2.05, 4.69) is 4.74 Å². The second kappa shape index (κ2) is 5.74. The van der Waals surface area contributed by atoms with Gasteiger partial charge in [0.1, 0.15) is 11.9 Å². The van der Waals surface area contributed by atoms with Crippen molar-refractivity contribution in [3.8, 4) is 5.75 Å². The van der Waals surface area contributed by atoms with Crippen LogP contribution in [0.4, 0.5) is 8.78 Å². The molecule has 2 atom stereocenters. The first kappa shape index (κ1) is 14.3. The Morgan fingerprint density at radius 1 is 1.39 bits per heavy atom. The van der Waals surface area contributed by atoms with E-state index in [0.29, 0.717) is 6.07 Å². The number of hydrogen-bond acceptors (Lipinski definition) is 4. The highest BCUT2D eigenvalue weighted by molar-refractivity contribution is 5.67. The van der Waals surface area contributed by atoms with E-state index in [1.54, 1.807) is 0 Å². The van der Waals surface area contributed by atoms with Gasteiger partial charge < -0.3 is 20.1 Å². The SMILES string of the molecule is COc1c(F)cc(F)cc1C(O)C(O)CC(=O)O. The molecule has 0 heterocycles. The maximum atomic E-state index is 13.3. The molecule has 0 saturated carbocycles. The Bertz CT molecular complexity index is 449. The van der Waals surface area contributed by atoms with E-state index in [1.807, 2.05) is 0 Å². The van der Waals surface area contributed by atoms with Crippen LogP contribution in [0.15, 0.2) is 12.1 Å². The van der Waals surface area contributed by atoms with E-state index in [-0.39, 0.29) is 5.56 Å². The summed E-state index contributed by atoms with van der Waals surface area (Å²) in [4.78, 5) is 10.4. The summed E-state index contributed by atoms with van der Waals surface area (Å²) < 4.78 is 31.0. The number of aliphatic hydroxyl groups excluding tert-OH is 2. The van der Waals surface area contributed by atoms with Crippen molar-refractivity contribution in [1.82, 2.24) is 0 Å². The monoisotopic (exact) mass is 262 g/mol. The van der Waals surface area contributed by atoms with Crippen LogP contribution in [-0.4, -0.2) is 34.5 Å². The van der Waals surface area contributed by atoms with Gasteiger partial charge >= 0.3 is 5.97 Å². The molecule has 100 valence electrons. The number of rotatable bonds is 5. The average Bonchev–Trinajstić information content (AvgIpc) is 2.26. The Hall–Kier alpha value is -1.73. The van der Waals surface area contributed by atoms with Crippen LogP contribution in [0.1, 0.15) is 18.1 Å². The average molecular weight is 262 g/mol. The van der Waals surface area contributed by atoms with Gasteiger partial charge in [-0.25, -0.2) is 8.78 Å². The van der Waals surface area contributed by atoms with Gasteiger partial charge in [-0.15, -0.1) is 0 Å². The Morgan fingerprint density at radius 2 is 2.00 bits per heavy atom. The minimum atomic E-state index is -1.76. The normalized spacial score (nSPS) is 14.1. The number of aliphatic carboxylic acids is 1. The van der Waals surface area contributed by atoms with Crippen molar-refractivity contribution < 1.29 is 33.6 Å². The molecule has 7 heteroatoms. The van der Waals surface area contributed by atoms with E-state index in [0.717, 1.165) is 13.2 Å². The Morgan fingerprint density at radius 3 is 2.50 bits per heavy atom. The largest absolute Gasteiger partial charge is 0.493 e. The van der Waals surface area contributed by atoms with Gasteiger partial charge in [0.05, 0.1) is 19.6 Å². The molecule has 1 aromatic rings. The standard InChI is InChI=1S/C11H12F2O5/c1-18-11-6(2-5(12)3-7(11)13)10(17)8(14)4-9(15)16/h2-3,8,10,14,17H,4H2,1H3,(H,15,16). The molecule has 0 aliphatic carbocycles. The molecule has 0 aliphatic heterocycles. The quantitative estimate of drug-likeness (QED) is 0.732. The second-order valence-corrected chi connectivity index (χ2v) is 3.62. The molecule has 1 rings (SSSR count). The van der Waals surface area contributed by atoms with E-state index in [1.165, 1.54) is 0 Å². The highest BCUT2D eigenvalue weighted by atomic mass is 19.1. The predicted octanol–water partition coefficient (Wildman–Crippen LogP) is 0.842. The Labute approximate surface area is 101 Å². The van der Waals surface area contributed by atoms with Crippen molar-refractivity contribution in [2.75, 3.05) is 7.11 Å². The van der Waals surface area contributed by atoms with E-state index in [9.17, 15) is 23.8 Å². The van der Waals surface area contributed by atoms with Crippen LogP contribution < -0.4 is 4.74 Å². The van der Waals surface area contributed by atoms with Crippen LogP contribution in [-0.2, 0) is 4.79 Å². The van der Waals surface area contributed by atoms with E-state index < -0.39 is 42.0 Å². The van der Waals surface area contributed by atoms with Gasteiger partial charge in [0, 0.05) is 11.6 Å². The third-order valence-electron chi connectivity index (χ3n) is 2.31. The summed E-state index contributed by atoms with van der Waals surface area (Å²) in [5.74, 6) is -3.80. The molecule has 0 amide bonds. The lowest BCUT2D eigenvalue weighted by atomic mass is 10.0. The Balaban J connectivity index is 3.11. The van der Waals surface area contributed by atoms with Gasteiger partial charge in [-0.05, 0) is 6.07 Å². The van der Waals surface area contributed by atoms with Crippen molar-refractivity contribution in [2.24, 2.45) is 0 Å². The lowest BCUT2D eigenvalue weighted by Gasteiger charge is -2.19. The number of hydrogen-bond donors (Lipinski definition) is 3. The fraction of sp³-hybridized carbons (Fsp3) is 0.364. The summed E-state index contributed by atoms with van der Waals surface area (Å²) in [6, 6.07) is 1.33. The summed E-state index contributed by atoms with van der Waals surface area (Å²) in [5, 5.41) is 27.5. The number of aliphatic hydroxyl groups is 2. The van der Waals surface area contributed by atoms with Gasteiger partial charge in [-0.2, -0.15) is 0 Å². The molecule has 5 nitrogen and oxygen atoms in total. The molecular formula is C11H12F2O5. The predicted molar refractivity (Wildman–Crippen MR) is 56.1 cm³/mol. The maximum absolute atomic E-state index is 13.3. The molecule has 0 aliphatic rings. The van der Waals surface area contributed by atoms with Crippen LogP contribution in [0, 0.1) is 11.6 Å². The number of carboxylic acids is 1. The summed E-state index contributed by atoms with van der Waals surface area (Å²) in [7, 11) is 1.11. The first-order chi connectivity index (χ1) is 8.36. The first-order valence-corrected chi connectivity index (χ1v) is 4.97. The minimum Gasteiger partial charge on any atom is -0.493 e. The lowest BCUT2D eigenvalue weighted by Crippen LogP contribution is -2.22. The highest BCUT2D eigenvalue weighted by Crippen LogP contribution is 2.31. The lowest BCUT2D eigenvalue weighted by molar-refractivity contribution is -0.141. The molecule has 0 saturated heterocycles. The third-order valence-corrected chi connectivity index (χ3v) is 2.31. The number of ether oxygens (including phenoxy) is 1. The second-order valence-electron chi connectivity index (χ2n) is 3.62. The van der Waals surface area contributed by atoms with Crippen LogP contribution >= 0.6 is 0 Å². The zero-order valence-electron chi connectivity index (χ0n) is 9.43. The van der Waals surface area contributed by atoms with Crippen molar-refractivity contribution in [2.45, 2.75) is 18.6 Å². The highest BCUT2D eigenvalue weighted by Gasteiger charge is 2.26. The van der Waals surface area contributed by atoms with Gasteiger partial charge in [0.15, 0.2) is 11.6 Å². The molecule has 0 radical (unpaired) electrons. The summed E-state index contributed by atoms with van der Waals surface area (Å²) >= 11 is 0. The molecule has 0 fully saturated rings. The van der Waals surface area contributed by atoms with Gasteiger partial charge in [-0.3, -0.25) is 4.79 Å². The zero-order valence-corrected chi connectivity index (χ0v) is 9.43. The van der Waals surface area contributed by atoms with E-state index in [4.69, 9.17) is 5.11 Å². The molecule has 18 heavy (non-hydrogen) atoms. The fourth-order valence-corrected chi connectivity index (χ4v) is 1.51. The minimum absolute atomic E-state index is 0.344. The van der Waals surface area contributed by atoms with Crippen LogP contribution in [0.5, 0.6) is 5.75 Å². The molecule has 2 unspecified atom stereocenters. The van der Waals surface area contributed by atoms with Crippen molar-refractivity contribution >= 4 is 5.97 Å². The molecule has 0 spiro atoms. The summed E-state index contributed by atoms with van der Waals surface area (Å²) in [5.41, 5.74) is -0.344. The van der Waals surface area contributed by atoms with Gasteiger partial charge in [-0.1, -0.05) is 0 Å². The summed E-state index contributed by atoms with van der Waals surface area (Å²) in [6.07, 6.45) is -4.22. The van der Waals surface area contributed by atoms with Gasteiger partial charge in [0.2, 0.25) is 0 Å².